The molecule has 11 heteroatoms. The minimum absolute atomic E-state index is 0.0653. The first kappa shape index (κ1) is 31.1. The number of rotatable bonds is 12. The molecule has 0 fully saturated rings. The zero-order chi connectivity index (χ0) is 27.5. The Labute approximate surface area is 211 Å². The van der Waals surface area contributed by atoms with Crippen LogP contribution in [-0.4, -0.2) is 76.2 Å². The van der Waals surface area contributed by atoms with Crippen molar-refractivity contribution in [2.45, 2.75) is 63.5 Å². The van der Waals surface area contributed by atoms with Crippen LogP contribution in [0.1, 0.15) is 39.2 Å². The fourth-order valence-corrected chi connectivity index (χ4v) is 3.82. The first-order valence-corrected chi connectivity index (χ1v) is 11.6. The summed E-state index contributed by atoms with van der Waals surface area (Å²) in [6.07, 6.45) is 3.75. The molecule has 202 valence electrons. The van der Waals surface area contributed by atoms with Crippen LogP contribution >= 0.6 is 0 Å². The van der Waals surface area contributed by atoms with Crippen LogP contribution in [0.2, 0.25) is 0 Å². The lowest BCUT2D eigenvalue weighted by Gasteiger charge is -2.47. The highest BCUT2D eigenvalue weighted by Gasteiger charge is 2.56. The van der Waals surface area contributed by atoms with Crippen molar-refractivity contribution in [3.8, 4) is 5.75 Å². The van der Waals surface area contributed by atoms with E-state index in [1.165, 1.54) is 25.3 Å². The zero-order valence-corrected chi connectivity index (χ0v) is 21.1. The Morgan fingerprint density at radius 1 is 0.972 bits per heavy atom. The molecular weight excluding hydrogens is 472 g/mol. The largest absolute Gasteiger partial charge is 0.508 e. The third kappa shape index (κ3) is 7.52. The van der Waals surface area contributed by atoms with Crippen molar-refractivity contribution >= 4 is 11.9 Å². The molecule has 4 atom stereocenters. The lowest BCUT2D eigenvalue weighted by Crippen LogP contribution is -2.59. The summed E-state index contributed by atoms with van der Waals surface area (Å²) in [7, 11) is 1.38. The molecule has 11 nitrogen and oxygen atoms in total. The van der Waals surface area contributed by atoms with E-state index in [1.54, 1.807) is 32.1 Å². The van der Waals surface area contributed by atoms with Gasteiger partial charge in [0, 0.05) is 20.1 Å². The fourth-order valence-electron chi connectivity index (χ4n) is 3.82. The number of nitrogens with two attached hydrogens (primary N) is 2. The third-order valence-corrected chi connectivity index (χ3v) is 5.70. The van der Waals surface area contributed by atoms with E-state index in [0.717, 1.165) is 5.56 Å². The predicted octanol–water partition coefficient (Wildman–Crippen LogP) is 1.52. The summed E-state index contributed by atoms with van der Waals surface area (Å²) in [5.74, 6) is -3.31. The lowest BCUT2D eigenvalue weighted by atomic mass is 9.79. The van der Waals surface area contributed by atoms with E-state index in [2.05, 4.69) is 0 Å². The number of hydrogen-bond acceptors (Lipinski definition) is 9. The summed E-state index contributed by atoms with van der Waals surface area (Å²) in [5.41, 5.74) is 11.1. The smallest absolute Gasteiger partial charge is 0.320 e. The van der Waals surface area contributed by atoms with Gasteiger partial charge in [-0.05, 0) is 56.0 Å². The number of methoxy groups -OCH3 is 1. The van der Waals surface area contributed by atoms with Crippen LogP contribution in [0.25, 0.3) is 0 Å². The van der Waals surface area contributed by atoms with E-state index in [9.17, 15) is 14.7 Å². The molecule has 0 spiro atoms. The molecule has 0 saturated carbocycles. The minimum atomic E-state index is -1.71. The predicted molar refractivity (Wildman–Crippen MR) is 132 cm³/mol. The van der Waals surface area contributed by atoms with Crippen molar-refractivity contribution in [2.75, 3.05) is 20.3 Å². The van der Waals surface area contributed by atoms with Gasteiger partial charge < -0.3 is 46.1 Å². The topological polar surface area (TPSA) is 195 Å². The molecule has 1 aliphatic rings. The van der Waals surface area contributed by atoms with E-state index < -0.39 is 35.4 Å². The standard InChI is InChI=1S/C16H27NO6.C9H11NO3/c1-5-15(23-7-3)13(22-6-2)11(10-12(17)14(18)19)8-9-16(15,20)21-4;10-8(9(12)13)5-6-1-3-7(11)4-2-6/h8-9,12,20H,5-7,10,17H2,1-4H3,(H,18,19);1-4,8,11H,5,10H2,(H,12,13). The molecule has 0 aromatic heterocycles. The number of carboxylic acid groups (broad SMARTS) is 2. The maximum Gasteiger partial charge on any atom is 0.320 e. The Morgan fingerprint density at radius 3 is 1.97 bits per heavy atom. The van der Waals surface area contributed by atoms with Crippen LogP contribution in [0, 0.1) is 0 Å². The quantitative estimate of drug-likeness (QED) is 0.223. The van der Waals surface area contributed by atoms with Crippen LogP contribution in [0.3, 0.4) is 0 Å². The molecular formula is C25H38N2O9. The highest BCUT2D eigenvalue weighted by atomic mass is 16.7. The van der Waals surface area contributed by atoms with Crippen LogP contribution in [0.5, 0.6) is 5.75 Å². The molecule has 0 bridgehead atoms. The summed E-state index contributed by atoms with van der Waals surface area (Å²) in [5, 5.41) is 37.4. The summed E-state index contributed by atoms with van der Waals surface area (Å²) in [6.45, 7) is 6.11. The Hall–Kier alpha value is -2.96. The molecule has 36 heavy (non-hydrogen) atoms. The second-order valence-electron chi connectivity index (χ2n) is 8.10. The van der Waals surface area contributed by atoms with Crippen molar-refractivity contribution < 1.29 is 44.2 Å². The van der Waals surface area contributed by atoms with E-state index in [1.807, 2.05) is 6.92 Å². The van der Waals surface area contributed by atoms with Gasteiger partial charge in [0.05, 0.1) is 6.61 Å². The van der Waals surface area contributed by atoms with Crippen molar-refractivity contribution in [3.63, 3.8) is 0 Å². The van der Waals surface area contributed by atoms with Gasteiger partial charge in [-0.3, -0.25) is 9.59 Å². The third-order valence-electron chi connectivity index (χ3n) is 5.70. The number of benzene rings is 1. The van der Waals surface area contributed by atoms with Crippen molar-refractivity contribution in [1.82, 2.24) is 0 Å². The van der Waals surface area contributed by atoms with E-state index >= 15 is 0 Å². The second-order valence-corrected chi connectivity index (χ2v) is 8.10. The number of phenolic OH excluding ortho intramolecular Hbond substituents is 1. The molecule has 1 aromatic rings. The SMILES string of the molecule is CCOC1=C(CC(N)C(=O)O)C=CC(O)(OC)C1(CC)OCC.NC(Cc1ccc(O)cc1)C(=O)O. The molecule has 0 heterocycles. The average Bonchev–Trinajstić information content (AvgIpc) is 2.84. The molecule has 0 saturated heterocycles. The second kappa shape index (κ2) is 14.0. The maximum atomic E-state index is 11.1. The van der Waals surface area contributed by atoms with Gasteiger partial charge in [0.25, 0.3) is 0 Å². The highest BCUT2D eigenvalue weighted by molar-refractivity contribution is 5.74. The molecule has 0 radical (unpaired) electrons. The number of carboxylic acids is 2. The van der Waals surface area contributed by atoms with Gasteiger partial charge in [0.2, 0.25) is 5.79 Å². The van der Waals surface area contributed by atoms with Crippen molar-refractivity contribution in [1.29, 1.82) is 0 Å². The average molecular weight is 511 g/mol. The fraction of sp³-hybridized carbons (Fsp3) is 0.520. The normalized spacial score (nSPS) is 22.9. The Morgan fingerprint density at radius 2 is 1.53 bits per heavy atom. The minimum Gasteiger partial charge on any atom is -0.508 e. The summed E-state index contributed by atoms with van der Waals surface area (Å²) in [4.78, 5) is 21.5. The molecule has 1 aromatic carbocycles. The number of aliphatic hydroxyl groups is 1. The van der Waals surface area contributed by atoms with Gasteiger partial charge in [-0.25, -0.2) is 0 Å². The van der Waals surface area contributed by atoms with Crippen molar-refractivity contribution in [2.24, 2.45) is 11.5 Å². The molecule has 1 aliphatic carbocycles. The molecule has 2 rings (SSSR count). The zero-order valence-electron chi connectivity index (χ0n) is 21.1. The number of carbonyl (C=O) groups is 2. The van der Waals surface area contributed by atoms with Gasteiger partial charge in [0.15, 0.2) is 5.60 Å². The summed E-state index contributed by atoms with van der Waals surface area (Å²) < 4.78 is 16.9. The lowest BCUT2D eigenvalue weighted by molar-refractivity contribution is -0.273. The van der Waals surface area contributed by atoms with Crippen LogP contribution in [0.4, 0.5) is 0 Å². The van der Waals surface area contributed by atoms with Gasteiger partial charge >= 0.3 is 11.9 Å². The highest BCUT2D eigenvalue weighted by Crippen LogP contribution is 2.44. The number of allylic oxidation sites excluding steroid dienone is 1. The summed E-state index contributed by atoms with van der Waals surface area (Å²) in [6, 6.07) is 4.35. The van der Waals surface area contributed by atoms with Gasteiger partial charge in [0.1, 0.15) is 23.6 Å². The van der Waals surface area contributed by atoms with Crippen LogP contribution < -0.4 is 11.5 Å². The Bertz CT molecular complexity index is 932. The number of aromatic hydroxyl groups is 1. The van der Waals surface area contributed by atoms with E-state index in [4.69, 9.17) is 41.0 Å². The molecule has 4 unspecified atom stereocenters. The van der Waals surface area contributed by atoms with Crippen LogP contribution in [0.15, 0.2) is 47.7 Å². The van der Waals surface area contributed by atoms with E-state index in [-0.39, 0.29) is 18.6 Å². The maximum absolute atomic E-state index is 11.1. The Balaban J connectivity index is 0.000000420. The molecule has 0 amide bonds. The number of hydrogen-bond donors (Lipinski definition) is 6. The van der Waals surface area contributed by atoms with Gasteiger partial charge in [-0.15, -0.1) is 0 Å². The van der Waals surface area contributed by atoms with Gasteiger partial charge in [-0.2, -0.15) is 0 Å². The molecule has 8 N–H and O–H groups in total. The first-order valence-electron chi connectivity index (χ1n) is 11.6. The number of ether oxygens (including phenoxy) is 3. The Kier molecular flexibility index (Phi) is 12.0. The number of aliphatic carboxylic acids is 2. The van der Waals surface area contributed by atoms with Gasteiger partial charge in [-0.1, -0.05) is 25.1 Å². The van der Waals surface area contributed by atoms with E-state index in [0.29, 0.717) is 31.0 Å². The monoisotopic (exact) mass is 510 g/mol. The summed E-state index contributed by atoms with van der Waals surface area (Å²) >= 11 is 0. The van der Waals surface area contributed by atoms with Crippen LogP contribution in [-0.2, 0) is 30.2 Å². The first-order chi connectivity index (χ1) is 16.9. The van der Waals surface area contributed by atoms with Crippen molar-refractivity contribution in [3.05, 3.63) is 53.3 Å². The molecule has 0 aliphatic heterocycles. The number of phenols is 1.